The molecule has 0 bridgehead atoms. The van der Waals surface area contributed by atoms with Crippen molar-refractivity contribution < 1.29 is 0 Å². The normalized spacial score (nSPS) is 32.7. The Bertz CT molecular complexity index is 551. The zero-order valence-corrected chi connectivity index (χ0v) is 12.1. The van der Waals surface area contributed by atoms with Crippen LogP contribution in [0.25, 0.3) is 0 Å². The van der Waals surface area contributed by atoms with Crippen molar-refractivity contribution in [1.29, 1.82) is 0 Å². The minimum atomic E-state index is 0.399. The molecule has 0 aromatic heterocycles. The van der Waals surface area contributed by atoms with E-state index in [9.17, 15) is 0 Å². The van der Waals surface area contributed by atoms with Gasteiger partial charge in [0.1, 0.15) is 0 Å². The van der Waals surface area contributed by atoms with Crippen LogP contribution in [0.5, 0.6) is 0 Å². The Kier molecular flexibility index (Phi) is 2.46. The van der Waals surface area contributed by atoms with E-state index in [0.29, 0.717) is 5.41 Å². The summed E-state index contributed by atoms with van der Waals surface area (Å²) in [7, 11) is 0. The van der Waals surface area contributed by atoms with Gasteiger partial charge in [-0.25, -0.2) is 0 Å². The lowest BCUT2D eigenvalue weighted by Crippen LogP contribution is -2.29. The highest BCUT2D eigenvalue weighted by atomic mass is 14.5. The van der Waals surface area contributed by atoms with E-state index in [4.69, 9.17) is 0 Å². The van der Waals surface area contributed by atoms with Gasteiger partial charge in [-0.05, 0) is 85.0 Å². The van der Waals surface area contributed by atoms with E-state index in [1.54, 1.807) is 22.3 Å². The SMILES string of the molecule is C=C1CCC2c3ccc4c(c3CCC12C)CCCC4. The Morgan fingerprint density at radius 1 is 1.05 bits per heavy atom. The number of rotatable bonds is 0. The van der Waals surface area contributed by atoms with Gasteiger partial charge in [0.2, 0.25) is 0 Å². The predicted octanol–water partition coefficient (Wildman–Crippen LogP) is 4.95. The fourth-order valence-corrected chi connectivity index (χ4v) is 4.95. The molecule has 0 saturated heterocycles. The van der Waals surface area contributed by atoms with Crippen LogP contribution in [0.3, 0.4) is 0 Å². The highest BCUT2D eigenvalue weighted by molar-refractivity contribution is 5.48. The van der Waals surface area contributed by atoms with Crippen LogP contribution in [0.4, 0.5) is 0 Å². The zero-order chi connectivity index (χ0) is 13.0. The van der Waals surface area contributed by atoms with Crippen molar-refractivity contribution >= 4 is 0 Å². The summed E-state index contributed by atoms with van der Waals surface area (Å²) in [5.41, 5.74) is 8.74. The van der Waals surface area contributed by atoms with E-state index in [-0.39, 0.29) is 0 Å². The maximum Gasteiger partial charge on any atom is -0.00471 e. The van der Waals surface area contributed by atoms with Crippen LogP contribution in [0, 0.1) is 5.41 Å². The quantitative estimate of drug-likeness (QED) is 0.573. The molecule has 0 nitrogen and oxygen atoms in total. The molecule has 0 aliphatic heterocycles. The minimum Gasteiger partial charge on any atom is -0.0993 e. The fraction of sp³-hybridized carbons (Fsp3) is 0.579. The Labute approximate surface area is 116 Å². The first-order valence-electron chi connectivity index (χ1n) is 8.02. The smallest absolute Gasteiger partial charge is 0.00471 e. The largest absolute Gasteiger partial charge is 0.0993 e. The van der Waals surface area contributed by atoms with Crippen LogP contribution < -0.4 is 0 Å². The Morgan fingerprint density at radius 2 is 1.89 bits per heavy atom. The fourth-order valence-electron chi connectivity index (χ4n) is 4.95. The second-order valence-corrected chi connectivity index (χ2v) is 7.09. The minimum absolute atomic E-state index is 0.399. The third-order valence-corrected chi connectivity index (χ3v) is 6.27. The molecule has 3 aliphatic rings. The van der Waals surface area contributed by atoms with E-state index in [0.717, 1.165) is 5.92 Å². The van der Waals surface area contributed by atoms with E-state index < -0.39 is 0 Å². The van der Waals surface area contributed by atoms with Crippen LogP contribution in [0.15, 0.2) is 24.3 Å². The van der Waals surface area contributed by atoms with Gasteiger partial charge in [-0.15, -0.1) is 0 Å². The first kappa shape index (κ1) is 11.8. The molecule has 0 spiro atoms. The van der Waals surface area contributed by atoms with Gasteiger partial charge >= 0.3 is 0 Å². The number of fused-ring (bicyclic) bond motifs is 5. The van der Waals surface area contributed by atoms with E-state index >= 15 is 0 Å². The van der Waals surface area contributed by atoms with Crippen LogP contribution in [-0.2, 0) is 19.3 Å². The first-order valence-corrected chi connectivity index (χ1v) is 8.02. The monoisotopic (exact) mass is 252 g/mol. The standard InChI is InChI=1S/C19H24/c1-13-7-10-18-17-9-8-14-5-3-4-6-15(14)16(17)11-12-19(13,18)2/h8-9,18H,1,3-7,10-12H2,2H3. The summed E-state index contributed by atoms with van der Waals surface area (Å²) in [5.74, 6) is 0.760. The topological polar surface area (TPSA) is 0 Å². The lowest BCUT2D eigenvalue weighted by atomic mass is 9.64. The van der Waals surface area contributed by atoms with E-state index in [1.807, 2.05) is 0 Å². The molecule has 2 atom stereocenters. The molecule has 0 amide bonds. The molecule has 0 heteroatoms. The van der Waals surface area contributed by atoms with E-state index in [2.05, 4.69) is 25.6 Å². The summed E-state index contributed by atoms with van der Waals surface area (Å²) in [6.45, 7) is 6.84. The summed E-state index contributed by atoms with van der Waals surface area (Å²) < 4.78 is 0. The number of benzene rings is 1. The van der Waals surface area contributed by atoms with Gasteiger partial charge in [-0.2, -0.15) is 0 Å². The molecular weight excluding hydrogens is 228 g/mol. The summed E-state index contributed by atoms with van der Waals surface area (Å²) in [6.07, 6.45) is 10.7. The van der Waals surface area contributed by atoms with Gasteiger partial charge in [0.25, 0.3) is 0 Å². The highest BCUT2D eigenvalue weighted by Gasteiger charge is 2.45. The molecule has 19 heavy (non-hydrogen) atoms. The van der Waals surface area contributed by atoms with Crippen LogP contribution in [0.2, 0.25) is 0 Å². The van der Waals surface area contributed by atoms with Crippen molar-refractivity contribution in [1.82, 2.24) is 0 Å². The van der Waals surface area contributed by atoms with Crippen molar-refractivity contribution in [2.45, 2.75) is 64.2 Å². The second kappa shape index (κ2) is 3.98. The van der Waals surface area contributed by atoms with Crippen molar-refractivity contribution in [2.24, 2.45) is 5.41 Å². The molecule has 0 N–H and O–H groups in total. The lowest BCUT2D eigenvalue weighted by molar-refractivity contribution is 0.305. The highest BCUT2D eigenvalue weighted by Crippen LogP contribution is 2.58. The van der Waals surface area contributed by atoms with Crippen molar-refractivity contribution in [3.05, 3.63) is 46.5 Å². The Hall–Kier alpha value is -1.04. The summed E-state index contributed by atoms with van der Waals surface area (Å²) >= 11 is 0. The molecule has 1 aromatic rings. The van der Waals surface area contributed by atoms with Gasteiger partial charge in [0.05, 0.1) is 0 Å². The number of allylic oxidation sites excluding steroid dienone is 1. The molecule has 100 valence electrons. The third kappa shape index (κ3) is 1.52. The summed E-state index contributed by atoms with van der Waals surface area (Å²) in [5, 5.41) is 0. The molecule has 2 unspecified atom stereocenters. The Balaban J connectivity index is 1.86. The van der Waals surface area contributed by atoms with Gasteiger partial charge < -0.3 is 0 Å². The van der Waals surface area contributed by atoms with Gasteiger partial charge in [0.15, 0.2) is 0 Å². The van der Waals surface area contributed by atoms with Crippen LogP contribution >= 0.6 is 0 Å². The molecule has 1 aromatic carbocycles. The van der Waals surface area contributed by atoms with E-state index in [1.165, 1.54) is 56.9 Å². The molecule has 0 heterocycles. The van der Waals surface area contributed by atoms with Crippen LogP contribution in [0.1, 0.15) is 67.2 Å². The van der Waals surface area contributed by atoms with Crippen molar-refractivity contribution in [3.63, 3.8) is 0 Å². The molecule has 1 saturated carbocycles. The number of aryl methyl sites for hydroxylation is 1. The van der Waals surface area contributed by atoms with Gasteiger partial charge in [-0.3, -0.25) is 0 Å². The maximum absolute atomic E-state index is 4.37. The molecular formula is C19H24. The summed E-state index contributed by atoms with van der Waals surface area (Å²) in [4.78, 5) is 0. The molecule has 4 rings (SSSR count). The molecule has 3 aliphatic carbocycles. The third-order valence-electron chi connectivity index (χ3n) is 6.27. The molecule has 1 fully saturated rings. The van der Waals surface area contributed by atoms with Gasteiger partial charge in [0, 0.05) is 0 Å². The number of hydrogen-bond acceptors (Lipinski definition) is 0. The Morgan fingerprint density at radius 3 is 2.79 bits per heavy atom. The lowest BCUT2D eigenvalue weighted by Gasteiger charge is -2.40. The average Bonchev–Trinajstić information content (AvgIpc) is 2.75. The molecule has 0 radical (unpaired) electrons. The van der Waals surface area contributed by atoms with Gasteiger partial charge in [-0.1, -0.05) is 31.2 Å². The first-order chi connectivity index (χ1) is 9.20. The summed E-state index contributed by atoms with van der Waals surface area (Å²) in [6, 6.07) is 4.92. The van der Waals surface area contributed by atoms with Crippen LogP contribution in [-0.4, -0.2) is 0 Å². The second-order valence-electron chi connectivity index (χ2n) is 7.09. The number of hydrogen-bond donors (Lipinski definition) is 0. The predicted molar refractivity (Wildman–Crippen MR) is 80.6 cm³/mol. The maximum atomic E-state index is 4.37. The van der Waals surface area contributed by atoms with Crippen molar-refractivity contribution in [2.75, 3.05) is 0 Å². The average molecular weight is 252 g/mol. The van der Waals surface area contributed by atoms with Crippen molar-refractivity contribution in [3.8, 4) is 0 Å². The zero-order valence-electron chi connectivity index (χ0n) is 12.1.